The summed E-state index contributed by atoms with van der Waals surface area (Å²) >= 11 is 5.78. The highest BCUT2D eigenvalue weighted by atomic mass is 35.5. The molecule has 166 valence electrons. The van der Waals surface area contributed by atoms with Crippen LogP contribution in [0.3, 0.4) is 0 Å². The molecule has 32 heavy (non-hydrogen) atoms. The van der Waals surface area contributed by atoms with Crippen molar-refractivity contribution in [3.63, 3.8) is 0 Å². The SMILES string of the molecule is O=C(COC(=O)[C@@H]1CC(=O)N(NC(=O)c2ccc(Cl)cc2)C1)Nc1cccc([N+](=O)[O-])c1. The monoisotopic (exact) mass is 460 g/mol. The number of non-ortho nitro benzene ring substituents is 1. The van der Waals surface area contributed by atoms with E-state index in [1.54, 1.807) is 0 Å². The fourth-order valence-electron chi connectivity index (χ4n) is 2.91. The van der Waals surface area contributed by atoms with Gasteiger partial charge in [0.2, 0.25) is 5.91 Å². The lowest BCUT2D eigenvalue weighted by atomic mass is 10.1. The molecule has 1 fully saturated rings. The number of hydrogen-bond acceptors (Lipinski definition) is 7. The first-order valence-corrected chi connectivity index (χ1v) is 9.68. The van der Waals surface area contributed by atoms with Crippen molar-refractivity contribution in [1.82, 2.24) is 10.4 Å². The average Bonchev–Trinajstić information content (AvgIpc) is 3.13. The summed E-state index contributed by atoms with van der Waals surface area (Å²) < 4.78 is 4.95. The van der Waals surface area contributed by atoms with Gasteiger partial charge in [-0.15, -0.1) is 0 Å². The third-order valence-corrected chi connectivity index (χ3v) is 4.74. The van der Waals surface area contributed by atoms with E-state index in [9.17, 15) is 29.3 Å². The van der Waals surface area contributed by atoms with Crippen LogP contribution in [0.15, 0.2) is 48.5 Å². The van der Waals surface area contributed by atoms with Gasteiger partial charge >= 0.3 is 5.97 Å². The highest BCUT2D eigenvalue weighted by Gasteiger charge is 2.36. The lowest BCUT2D eigenvalue weighted by Gasteiger charge is -2.17. The maximum absolute atomic E-state index is 12.2. The summed E-state index contributed by atoms with van der Waals surface area (Å²) in [4.78, 5) is 58.7. The molecule has 3 amide bonds. The minimum absolute atomic E-state index is 0.108. The van der Waals surface area contributed by atoms with Crippen molar-refractivity contribution in [1.29, 1.82) is 0 Å². The first-order chi connectivity index (χ1) is 15.2. The van der Waals surface area contributed by atoms with E-state index in [-0.39, 0.29) is 29.9 Å². The predicted molar refractivity (Wildman–Crippen MR) is 111 cm³/mol. The zero-order chi connectivity index (χ0) is 23.3. The van der Waals surface area contributed by atoms with Gasteiger partial charge in [0.05, 0.1) is 17.4 Å². The van der Waals surface area contributed by atoms with Crippen molar-refractivity contribution in [3.05, 3.63) is 69.2 Å². The first kappa shape index (κ1) is 22.7. The Labute approximate surface area is 186 Å². The molecule has 0 radical (unpaired) electrons. The molecule has 3 rings (SSSR count). The van der Waals surface area contributed by atoms with E-state index >= 15 is 0 Å². The maximum Gasteiger partial charge on any atom is 0.311 e. The summed E-state index contributed by atoms with van der Waals surface area (Å²) in [5.74, 6) is -3.36. The van der Waals surface area contributed by atoms with E-state index in [4.69, 9.17) is 16.3 Å². The molecule has 0 unspecified atom stereocenters. The Morgan fingerprint density at radius 3 is 2.59 bits per heavy atom. The number of benzene rings is 2. The number of hydrogen-bond donors (Lipinski definition) is 2. The summed E-state index contributed by atoms with van der Waals surface area (Å²) in [5, 5.41) is 14.6. The van der Waals surface area contributed by atoms with Gasteiger partial charge in [-0.25, -0.2) is 0 Å². The van der Waals surface area contributed by atoms with E-state index in [1.807, 2.05) is 0 Å². The number of ether oxygens (including phenoxy) is 1. The van der Waals surface area contributed by atoms with Crippen LogP contribution in [0.5, 0.6) is 0 Å². The van der Waals surface area contributed by atoms with Crippen LogP contribution in [-0.4, -0.2) is 46.8 Å². The molecule has 0 bridgehead atoms. The van der Waals surface area contributed by atoms with Gasteiger partial charge < -0.3 is 10.1 Å². The number of nitrogens with zero attached hydrogens (tertiary/aromatic N) is 2. The minimum Gasteiger partial charge on any atom is -0.455 e. The number of nitro benzene ring substituents is 1. The van der Waals surface area contributed by atoms with E-state index in [0.29, 0.717) is 5.02 Å². The molecule has 1 aliphatic heterocycles. The third kappa shape index (κ3) is 5.79. The second kappa shape index (κ2) is 9.88. The molecule has 0 spiro atoms. The van der Waals surface area contributed by atoms with Gasteiger partial charge in [0.15, 0.2) is 6.61 Å². The van der Waals surface area contributed by atoms with Gasteiger partial charge in [0.25, 0.3) is 17.5 Å². The molecular formula is C20H17ClN4O7. The molecule has 1 atom stereocenters. The molecule has 1 aliphatic rings. The second-order valence-corrected chi connectivity index (χ2v) is 7.25. The Hall–Kier alpha value is -3.99. The van der Waals surface area contributed by atoms with Crippen LogP contribution >= 0.6 is 11.6 Å². The lowest BCUT2D eigenvalue weighted by molar-refractivity contribution is -0.384. The standard InChI is InChI=1S/C20H17ClN4O7/c21-14-6-4-12(5-7-14)19(28)23-24-10-13(8-18(24)27)20(29)32-11-17(26)22-15-2-1-3-16(9-15)25(30)31/h1-7,9,13H,8,10-11H2,(H,22,26)(H,23,28)/t13-/m1/s1. The number of hydrazine groups is 1. The Bertz CT molecular complexity index is 1070. The number of rotatable bonds is 7. The number of nitro groups is 1. The summed E-state index contributed by atoms with van der Waals surface area (Å²) in [6.07, 6.45) is -0.188. The molecule has 0 aromatic heterocycles. The number of amides is 3. The predicted octanol–water partition coefficient (Wildman–Crippen LogP) is 1.92. The van der Waals surface area contributed by atoms with Crippen molar-refractivity contribution >= 4 is 46.7 Å². The molecule has 1 heterocycles. The van der Waals surface area contributed by atoms with Gasteiger partial charge in [0, 0.05) is 34.8 Å². The molecule has 2 N–H and O–H groups in total. The van der Waals surface area contributed by atoms with Crippen molar-refractivity contribution in [3.8, 4) is 0 Å². The number of anilines is 1. The van der Waals surface area contributed by atoms with Crippen LogP contribution in [0.4, 0.5) is 11.4 Å². The normalized spacial score (nSPS) is 15.2. The summed E-state index contributed by atoms with van der Waals surface area (Å²) in [6, 6.07) is 11.3. The highest BCUT2D eigenvalue weighted by molar-refractivity contribution is 6.30. The average molecular weight is 461 g/mol. The Kier molecular flexibility index (Phi) is 7.00. The quantitative estimate of drug-likeness (QED) is 0.364. The van der Waals surface area contributed by atoms with Crippen LogP contribution in [0.25, 0.3) is 0 Å². The summed E-state index contributed by atoms with van der Waals surface area (Å²) in [6.45, 7) is -0.743. The van der Waals surface area contributed by atoms with Crippen molar-refractivity contribution < 1.29 is 28.8 Å². The third-order valence-electron chi connectivity index (χ3n) is 4.49. The minimum atomic E-state index is -0.862. The molecular weight excluding hydrogens is 444 g/mol. The van der Waals surface area contributed by atoms with Crippen LogP contribution < -0.4 is 10.7 Å². The van der Waals surface area contributed by atoms with Crippen molar-refractivity contribution in [2.75, 3.05) is 18.5 Å². The Morgan fingerprint density at radius 1 is 1.19 bits per heavy atom. The second-order valence-electron chi connectivity index (χ2n) is 6.82. The largest absolute Gasteiger partial charge is 0.455 e. The first-order valence-electron chi connectivity index (χ1n) is 9.31. The van der Waals surface area contributed by atoms with Gasteiger partial charge in [0.1, 0.15) is 0 Å². The highest BCUT2D eigenvalue weighted by Crippen LogP contribution is 2.19. The maximum atomic E-state index is 12.2. The lowest BCUT2D eigenvalue weighted by Crippen LogP contribution is -2.43. The van der Waals surface area contributed by atoms with E-state index < -0.39 is 41.1 Å². The molecule has 11 nitrogen and oxygen atoms in total. The molecule has 0 saturated carbocycles. The Morgan fingerprint density at radius 2 is 1.91 bits per heavy atom. The zero-order valence-corrected chi connectivity index (χ0v) is 17.2. The van der Waals surface area contributed by atoms with Gasteiger partial charge in [-0.1, -0.05) is 17.7 Å². The van der Waals surface area contributed by atoms with Crippen LogP contribution in [0, 0.1) is 16.0 Å². The number of nitrogens with one attached hydrogen (secondary N) is 2. The van der Waals surface area contributed by atoms with Crippen LogP contribution in [0.1, 0.15) is 16.8 Å². The Balaban J connectivity index is 1.48. The van der Waals surface area contributed by atoms with E-state index in [1.165, 1.54) is 42.5 Å². The smallest absolute Gasteiger partial charge is 0.311 e. The topological polar surface area (TPSA) is 148 Å². The molecule has 2 aromatic rings. The van der Waals surface area contributed by atoms with E-state index in [2.05, 4.69) is 10.7 Å². The fourth-order valence-corrected chi connectivity index (χ4v) is 3.04. The molecule has 1 saturated heterocycles. The van der Waals surface area contributed by atoms with Gasteiger partial charge in [-0.2, -0.15) is 0 Å². The van der Waals surface area contributed by atoms with Crippen molar-refractivity contribution in [2.45, 2.75) is 6.42 Å². The number of carbonyl (C=O) groups is 4. The van der Waals surface area contributed by atoms with Crippen molar-refractivity contribution in [2.24, 2.45) is 5.92 Å². The fraction of sp³-hybridized carbons (Fsp3) is 0.200. The van der Waals surface area contributed by atoms with Gasteiger partial charge in [-0.05, 0) is 30.3 Å². The molecule has 2 aromatic carbocycles. The van der Waals surface area contributed by atoms with Crippen LogP contribution in [-0.2, 0) is 19.1 Å². The number of carbonyl (C=O) groups excluding carboxylic acids is 4. The van der Waals surface area contributed by atoms with Gasteiger partial charge in [-0.3, -0.25) is 39.7 Å². The number of esters is 1. The van der Waals surface area contributed by atoms with E-state index in [0.717, 1.165) is 11.1 Å². The number of halogens is 1. The summed E-state index contributed by atoms with van der Waals surface area (Å²) in [7, 11) is 0. The molecule has 0 aliphatic carbocycles. The summed E-state index contributed by atoms with van der Waals surface area (Å²) in [5.41, 5.74) is 2.67. The van der Waals surface area contributed by atoms with Crippen LogP contribution in [0.2, 0.25) is 5.02 Å². The zero-order valence-electron chi connectivity index (χ0n) is 16.4. The molecule has 12 heteroatoms.